The molecule has 0 spiro atoms. The molecular weight excluding hydrogens is 515 g/mol. The number of ether oxygens (including phenoxy) is 1. The van der Waals surface area contributed by atoms with Crippen LogP contribution in [-0.4, -0.2) is 34.8 Å². The smallest absolute Gasteiger partial charge is 0.312 e. The van der Waals surface area contributed by atoms with E-state index in [4.69, 9.17) is 9.72 Å². The highest BCUT2D eigenvalue weighted by Crippen LogP contribution is 2.35. The van der Waals surface area contributed by atoms with Crippen LogP contribution in [0.25, 0.3) is 22.2 Å². The summed E-state index contributed by atoms with van der Waals surface area (Å²) in [5, 5.41) is 24.7. The van der Waals surface area contributed by atoms with Crippen LogP contribution in [0.3, 0.4) is 0 Å². The molecule has 2 unspecified atom stereocenters. The van der Waals surface area contributed by atoms with Gasteiger partial charge in [0.2, 0.25) is 0 Å². The van der Waals surface area contributed by atoms with E-state index in [1.807, 2.05) is 55.5 Å². The summed E-state index contributed by atoms with van der Waals surface area (Å²) in [4.78, 5) is 16.9. The van der Waals surface area contributed by atoms with Gasteiger partial charge in [0.1, 0.15) is 23.7 Å². The standard InChI is InChI=1S/C27H24BrFN2O4/c1-15-23(18-13-17(28)11-12-21(18)31-25(15)16-7-4-3-5-8-16)26(32)30-14-19(27(33)34)24-20(29)9-6-10-22(24)35-2/h3-13,19,26,30,32H,14H2,1-2H3,(H,33,34). The maximum Gasteiger partial charge on any atom is 0.312 e. The molecule has 1 aromatic heterocycles. The molecule has 0 amide bonds. The van der Waals surface area contributed by atoms with Gasteiger partial charge in [0.15, 0.2) is 0 Å². The number of pyridine rings is 1. The Bertz CT molecular complexity index is 1380. The van der Waals surface area contributed by atoms with Gasteiger partial charge in [-0.25, -0.2) is 9.37 Å². The van der Waals surface area contributed by atoms with Gasteiger partial charge in [-0.05, 0) is 42.8 Å². The van der Waals surface area contributed by atoms with E-state index >= 15 is 0 Å². The minimum atomic E-state index is -1.28. The van der Waals surface area contributed by atoms with E-state index in [9.17, 15) is 19.4 Å². The number of hydrogen-bond acceptors (Lipinski definition) is 5. The SMILES string of the molecule is COc1cccc(F)c1C(CNC(O)c1c(C)c(-c2ccccc2)nc2ccc(Br)cc12)C(=O)O. The molecule has 180 valence electrons. The fourth-order valence-corrected chi connectivity index (χ4v) is 4.62. The second kappa shape index (κ2) is 10.5. The first-order chi connectivity index (χ1) is 16.8. The molecule has 0 aliphatic carbocycles. The Hall–Kier alpha value is -3.33. The van der Waals surface area contributed by atoms with Crippen LogP contribution in [0.1, 0.15) is 28.8 Å². The fraction of sp³-hybridized carbons (Fsp3) is 0.185. The zero-order valence-corrected chi connectivity index (χ0v) is 20.7. The molecule has 0 fully saturated rings. The molecular formula is C27H24BrFN2O4. The Morgan fingerprint density at radius 3 is 2.54 bits per heavy atom. The monoisotopic (exact) mass is 538 g/mol. The lowest BCUT2D eigenvalue weighted by atomic mass is 9.95. The molecule has 35 heavy (non-hydrogen) atoms. The molecule has 3 N–H and O–H groups in total. The highest BCUT2D eigenvalue weighted by molar-refractivity contribution is 9.10. The Kier molecular flexibility index (Phi) is 7.45. The summed E-state index contributed by atoms with van der Waals surface area (Å²) in [6.45, 7) is 1.64. The lowest BCUT2D eigenvalue weighted by Crippen LogP contribution is -2.31. The second-order valence-corrected chi connectivity index (χ2v) is 9.00. The van der Waals surface area contributed by atoms with Crippen molar-refractivity contribution in [3.8, 4) is 17.0 Å². The predicted molar refractivity (Wildman–Crippen MR) is 136 cm³/mol. The van der Waals surface area contributed by atoms with Gasteiger partial charge in [-0.2, -0.15) is 0 Å². The number of hydrogen-bond donors (Lipinski definition) is 3. The number of halogens is 2. The van der Waals surface area contributed by atoms with E-state index < -0.39 is 23.9 Å². The Labute approximate surface area is 210 Å². The highest BCUT2D eigenvalue weighted by Gasteiger charge is 2.28. The van der Waals surface area contributed by atoms with Crippen molar-refractivity contribution in [3.05, 3.63) is 93.7 Å². The van der Waals surface area contributed by atoms with E-state index in [-0.39, 0.29) is 17.9 Å². The molecule has 1 heterocycles. The number of methoxy groups -OCH3 is 1. The van der Waals surface area contributed by atoms with Crippen molar-refractivity contribution in [3.63, 3.8) is 0 Å². The maximum atomic E-state index is 14.6. The number of nitrogens with zero attached hydrogens (tertiary/aromatic N) is 1. The van der Waals surface area contributed by atoms with Crippen LogP contribution in [0.4, 0.5) is 4.39 Å². The third-order valence-electron chi connectivity index (χ3n) is 5.96. The number of nitrogens with one attached hydrogen (secondary N) is 1. The molecule has 6 nitrogen and oxygen atoms in total. The van der Waals surface area contributed by atoms with Crippen LogP contribution in [0.5, 0.6) is 5.75 Å². The van der Waals surface area contributed by atoms with Crippen molar-refractivity contribution >= 4 is 32.8 Å². The van der Waals surface area contributed by atoms with Crippen molar-refractivity contribution in [1.82, 2.24) is 10.3 Å². The van der Waals surface area contributed by atoms with Gasteiger partial charge in [0.25, 0.3) is 0 Å². The van der Waals surface area contributed by atoms with Crippen molar-refractivity contribution in [1.29, 1.82) is 0 Å². The molecule has 0 bridgehead atoms. The Balaban J connectivity index is 1.75. The number of rotatable bonds is 8. The number of carboxylic acids is 1. The average Bonchev–Trinajstić information content (AvgIpc) is 2.84. The number of aromatic nitrogens is 1. The van der Waals surface area contributed by atoms with E-state index in [2.05, 4.69) is 21.2 Å². The van der Waals surface area contributed by atoms with Crippen molar-refractivity contribution in [2.45, 2.75) is 19.1 Å². The minimum Gasteiger partial charge on any atom is -0.496 e. The number of carbonyl (C=O) groups is 1. The zero-order valence-electron chi connectivity index (χ0n) is 19.1. The minimum absolute atomic E-state index is 0.0776. The van der Waals surface area contributed by atoms with Crippen LogP contribution in [0.2, 0.25) is 0 Å². The third kappa shape index (κ3) is 5.05. The number of aliphatic hydroxyl groups is 1. The molecule has 0 aliphatic heterocycles. The Morgan fingerprint density at radius 2 is 1.86 bits per heavy atom. The van der Waals surface area contributed by atoms with Gasteiger partial charge in [-0.15, -0.1) is 0 Å². The number of aliphatic hydroxyl groups excluding tert-OH is 1. The van der Waals surface area contributed by atoms with Crippen LogP contribution < -0.4 is 10.1 Å². The molecule has 0 saturated carbocycles. The summed E-state index contributed by atoms with van der Waals surface area (Å²) in [7, 11) is 1.36. The van der Waals surface area contributed by atoms with Crippen molar-refractivity contribution in [2.75, 3.05) is 13.7 Å². The summed E-state index contributed by atoms with van der Waals surface area (Å²) in [5.74, 6) is -3.07. The highest BCUT2D eigenvalue weighted by atomic mass is 79.9. The largest absolute Gasteiger partial charge is 0.496 e. The fourth-order valence-electron chi connectivity index (χ4n) is 4.26. The molecule has 0 aliphatic rings. The molecule has 0 saturated heterocycles. The first kappa shape index (κ1) is 24.8. The Morgan fingerprint density at radius 1 is 1.11 bits per heavy atom. The van der Waals surface area contributed by atoms with Crippen LogP contribution in [0.15, 0.2) is 71.2 Å². The summed E-state index contributed by atoms with van der Waals surface area (Å²) in [6, 6.07) is 19.3. The normalized spacial score (nSPS) is 12.9. The summed E-state index contributed by atoms with van der Waals surface area (Å²) < 4.78 is 20.6. The topological polar surface area (TPSA) is 91.7 Å². The lowest BCUT2D eigenvalue weighted by Gasteiger charge is -2.23. The van der Waals surface area contributed by atoms with E-state index in [0.29, 0.717) is 22.2 Å². The molecule has 2 atom stereocenters. The number of aliphatic carboxylic acids is 1. The van der Waals surface area contributed by atoms with E-state index in [1.54, 1.807) is 0 Å². The first-order valence-electron chi connectivity index (χ1n) is 10.9. The van der Waals surface area contributed by atoms with Crippen LogP contribution in [-0.2, 0) is 4.79 Å². The second-order valence-electron chi connectivity index (χ2n) is 8.08. The average molecular weight is 539 g/mol. The lowest BCUT2D eigenvalue weighted by molar-refractivity contribution is -0.138. The van der Waals surface area contributed by atoms with Gasteiger partial charge in [0, 0.05) is 33.1 Å². The van der Waals surface area contributed by atoms with Crippen molar-refractivity contribution in [2.24, 2.45) is 0 Å². The van der Waals surface area contributed by atoms with Gasteiger partial charge in [-0.1, -0.05) is 52.3 Å². The number of fused-ring (bicyclic) bond motifs is 1. The van der Waals surface area contributed by atoms with Gasteiger partial charge >= 0.3 is 5.97 Å². The molecule has 8 heteroatoms. The first-order valence-corrected chi connectivity index (χ1v) is 11.7. The van der Waals surface area contributed by atoms with E-state index in [0.717, 1.165) is 15.6 Å². The summed E-state index contributed by atoms with van der Waals surface area (Å²) in [6.07, 6.45) is -1.24. The number of carboxylic acid groups (broad SMARTS) is 1. The van der Waals surface area contributed by atoms with Gasteiger partial charge in [-0.3, -0.25) is 10.1 Å². The molecule has 0 radical (unpaired) electrons. The molecule has 4 aromatic rings. The zero-order chi connectivity index (χ0) is 25.1. The van der Waals surface area contributed by atoms with E-state index in [1.165, 1.54) is 25.3 Å². The summed E-state index contributed by atoms with van der Waals surface area (Å²) in [5.41, 5.74) is 3.52. The summed E-state index contributed by atoms with van der Waals surface area (Å²) >= 11 is 3.48. The predicted octanol–water partition coefficient (Wildman–Crippen LogP) is 5.57. The quantitative estimate of drug-likeness (QED) is 0.254. The van der Waals surface area contributed by atoms with Crippen LogP contribution in [0, 0.1) is 12.7 Å². The third-order valence-corrected chi connectivity index (χ3v) is 6.45. The molecule has 4 rings (SSSR count). The van der Waals surface area contributed by atoms with Crippen LogP contribution >= 0.6 is 15.9 Å². The maximum absolute atomic E-state index is 14.6. The van der Waals surface area contributed by atoms with Gasteiger partial charge < -0.3 is 14.9 Å². The molecule has 3 aromatic carbocycles. The van der Waals surface area contributed by atoms with Crippen molar-refractivity contribution < 1.29 is 24.1 Å². The van der Waals surface area contributed by atoms with Gasteiger partial charge in [0.05, 0.1) is 18.3 Å². The number of benzene rings is 3.